The predicted octanol–water partition coefficient (Wildman–Crippen LogP) is 2.15. The molecule has 2 aliphatic rings. The Morgan fingerprint density at radius 2 is 1.52 bits per heavy atom. The van der Waals surface area contributed by atoms with Crippen LogP contribution in [0.2, 0.25) is 0 Å². The van der Waals surface area contributed by atoms with Crippen LogP contribution < -0.4 is 9.80 Å². The summed E-state index contributed by atoms with van der Waals surface area (Å²) in [5, 5.41) is 0. The number of aromatic nitrogens is 2. The lowest BCUT2D eigenvalue weighted by atomic mass is 10.2. The van der Waals surface area contributed by atoms with Crippen LogP contribution in [0.5, 0.6) is 0 Å². The number of hydrogen-bond acceptors (Lipinski definition) is 6. The first-order chi connectivity index (χ1) is 13.4. The molecule has 2 aliphatic heterocycles. The van der Waals surface area contributed by atoms with Crippen LogP contribution in [0.4, 0.5) is 11.6 Å². The minimum atomic E-state index is 0.772. The van der Waals surface area contributed by atoms with E-state index in [1.165, 1.54) is 5.56 Å². The van der Waals surface area contributed by atoms with E-state index in [1.807, 2.05) is 6.07 Å². The van der Waals surface area contributed by atoms with E-state index in [9.17, 15) is 0 Å². The van der Waals surface area contributed by atoms with Crippen LogP contribution in [0.25, 0.3) is 6.08 Å². The van der Waals surface area contributed by atoms with E-state index in [-0.39, 0.29) is 0 Å². The van der Waals surface area contributed by atoms with E-state index in [1.54, 1.807) is 6.33 Å². The smallest absolute Gasteiger partial charge is 0.134 e. The Balaban J connectivity index is 1.29. The van der Waals surface area contributed by atoms with Crippen molar-refractivity contribution in [1.29, 1.82) is 0 Å². The van der Waals surface area contributed by atoms with Gasteiger partial charge in [-0.2, -0.15) is 0 Å². The maximum Gasteiger partial charge on any atom is 0.134 e. The van der Waals surface area contributed by atoms with E-state index in [0.29, 0.717) is 0 Å². The second kappa shape index (κ2) is 8.97. The highest BCUT2D eigenvalue weighted by atomic mass is 16.5. The third-order valence-corrected chi connectivity index (χ3v) is 5.14. The standard InChI is InChI=1S/C21H27N5O/c1-2-5-19(6-3-1)7-4-8-24-9-11-25(12-10-24)20-17-21(23-18-22-20)26-13-15-27-16-14-26/h1-7,17-18H,8-16H2/b7-4+. The summed E-state index contributed by atoms with van der Waals surface area (Å²) < 4.78 is 5.43. The highest BCUT2D eigenvalue weighted by Gasteiger charge is 2.19. The number of nitrogens with zero attached hydrogens (tertiary/aromatic N) is 5. The molecule has 4 rings (SSSR count). The molecular weight excluding hydrogens is 338 g/mol. The first-order valence-electron chi connectivity index (χ1n) is 9.72. The van der Waals surface area contributed by atoms with Crippen molar-refractivity contribution < 1.29 is 4.74 Å². The van der Waals surface area contributed by atoms with Gasteiger partial charge in [-0.25, -0.2) is 9.97 Å². The fourth-order valence-electron chi connectivity index (χ4n) is 3.54. The summed E-state index contributed by atoms with van der Waals surface area (Å²) in [4.78, 5) is 16.1. The van der Waals surface area contributed by atoms with Gasteiger partial charge < -0.3 is 14.5 Å². The lowest BCUT2D eigenvalue weighted by Gasteiger charge is -2.35. The largest absolute Gasteiger partial charge is 0.378 e. The molecule has 0 amide bonds. The first kappa shape index (κ1) is 17.9. The molecule has 27 heavy (non-hydrogen) atoms. The second-order valence-electron chi connectivity index (χ2n) is 6.93. The Morgan fingerprint density at radius 3 is 2.22 bits per heavy atom. The Bertz CT molecular complexity index is 737. The fraction of sp³-hybridized carbons (Fsp3) is 0.429. The van der Waals surface area contributed by atoms with Gasteiger partial charge in [-0.1, -0.05) is 42.5 Å². The Kier molecular flexibility index (Phi) is 5.96. The molecule has 2 saturated heterocycles. The van der Waals surface area contributed by atoms with Gasteiger partial charge in [-0.05, 0) is 5.56 Å². The van der Waals surface area contributed by atoms with Crippen LogP contribution >= 0.6 is 0 Å². The average molecular weight is 365 g/mol. The van der Waals surface area contributed by atoms with E-state index < -0.39 is 0 Å². The van der Waals surface area contributed by atoms with Gasteiger partial charge in [-0.15, -0.1) is 0 Å². The minimum absolute atomic E-state index is 0.772. The normalized spacial score (nSPS) is 19.0. The van der Waals surface area contributed by atoms with Crippen molar-refractivity contribution in [2.75, 3.05) is 68.8 Å². The molecule has 0 atom stereocenters. The molecule has 0 N–H and O–H groups in total. The van der Waals surface area contributed by atoms with Crippen molar-refractivity contribution >= 4 is 17.7 Å². The molecule has 0 radical (unpaired) electrons. The molecule has 142 valence electrons. The summed E-state index contributed by atoms with van der Waals surface area (Å²) in [5.74, 6) is 2.04. The van der Waals surface area contributed by atoms with Crippen molar-refractivity contribution in [3.63, 3.8) is 0 Å². The van der Waals surface area contributed by atoms with Crippen LogP contribution in [0.1, 0.15) is 5.56 Å². The number of rotatable bonds is 5. The van der Waals surface area contributed by atoms with Crippen molar-refractivity contribution in [2.24, 2.45) is 0 Å². The van der Waals surface area contributed by atoms with Crippen LogP contribution in [0, 0.1) is 0 Å². The van der Waals surface area contributed by atoms with Crippen molar-refractivity contribution in [1.82, 2.24) is 14.9 Å². The van der Waals surface area contributed by atoms with Crippen molar-refractivity contribution in [3.05, 3.63) is 54.4 Å². The highest BCUT2D eigenvalue weighted by Crippen LogP contribution is 2.19. The number of benzene rings is 1. The Labute approximate surface area is 161 Å². The predicted molar refractivity (Wildman–Crippen MR) is 109 cm³/mol. The monoisotopic (exact) mass is 365 g/mol. The van der Waals surface area contributed by atoms with Crippen LogP contribution in [0.15, 0.2) is 48.8 Å². The van der Waals surface area contributed by atoms with Gasteiger partial charge in [0.25, 0.3) is 0 Å². The summed E-state index contributed by atoms with van der Waals surface area (Å²) in [5.41, 5.74) is 1.26. The highest BCUT2D eigenvalue weighted by molar-refractivity contribution is 5.51. The Hall–Kier alpha value is -2.44. The van der Waals surface area contributed by atoms with Gasteiger partial charge in [0.05, 0.1) is 13.2 Å². The summed E-state index contributed by atoms with van der Waals surface area (Å²) in [6.07, 6.45) is 6.15. The fourth-order valence-corrected chi connectivity index (χ4v) is 3.54. The van der Waals surface area contributed by atoms with Crippen LogP contribution in [-0.4, -0.2) is 73.9 Å². The van der Waals surface area contributed by atoms with Crippen LogP contribution in [-0.2, 0) is 4.74 Å². The zero-order chi connectivity index (χ0) is 18.3. The van der Waals surface area contributed by atoms with E-state index in [2.05, 4.69) is 67.2 Å². The van der Waals surface area contributed by atoms with E-state index in [0.717, 1.165) is 70.7 Å². The molecule has 0 unspecified atom stereocenters. The zero-order valence-electron chi connectivity index (χ0n) is 15.7. The molecule has 1 aromatic heterocycles. The van der Waals surface area contributed by atoms with Crippen LogP contribution in [0.3, 0.4) is 0 Å². The van der Waals surface area contributed by atoms with E-state index in [4.69, 9.17) is 4.74 Å². The molecular formula is C21H27N5O. The number of anilines is 2. The van der Waals surface area contributed by atoms with Crippen molar-refractivity contribution in [3.8, 4) is 0 Å². The molecule has 3 heterocycles. The third kappa shape index (κ3) is 4.84. The molecule has 2 aromatic rings. The molecule has 0 bridgehead atoms. The topological polar surface area (TPSA) is 44.7 Å². The number of morpholine rings is 1. The zero-order valence-corrected chi connectivity index (χ0v) is 15.7. The number of hydrogen-bond donors (Lipinski definition) is 0. The minimum Gasteiger partial charge on any atom is -0.378 e. The SMILES string of the molecule is C(=C\c1ccccc1)/CN1CCN(c2cc(N3CCOCC3)ncn2)CC1. The number of ether oxygens (including phenoxy) is 1. The third-order valence-electron chi connectivity index (χ3n) is 5.14. The van der Waals surface area contributed by atoms with Gasteiger partial charge in [0, 0.05) is 51.9 Å². The number of piperazine rings is 1. The lowest BCUT2D eigenvalue weighted by Crippen LogP contribution is -2.46. The maximum atomic E-state index is 5.43. The average Bonchev–Trinajstić information content (AvgIpc) is 2.76. The summed E-state index contributed by atoms with van der Waals surface area (Å²) in [7, 11) is 0. The summed E-state index contributed by atoms with van der Waals surface area (Å²) in [6.45, 7) is 8.44. The first-order valence-corrected chi connectivity index (χ1v) is 9.72. The second-order valence-corrected chi connectivity index (χ2v) is 6.93. The van der Waals surface area contributed by atoms with Crippen molar-refractivity contribution in [2.45, 2.75) is 0 Å². The van der Waals surface area contributed by atoms with E-state index >= 15 is 0 Å². The van der Waals surface area contributed by atoms with Gasteiger partial charge in [0.15, 0.2) is 0 Å². The summed E-state index contributed by atoms with van der Waals surface area (Å²) in [6, 6.07) is 12.6. The molecule has 2 fully saturated rings. The molecule has 0 spiro atoms. The molecule has 0 saturated carbocycles. The molecule has 6 heteroatoms. The van der Waals surface area contributed by atoms with Gasteiger partial charge in [-0.3, -0.25) is 4.90 Å². The summed E-state index contributed by atoms with van der Waals surface area (Å²) >= 11 is 0. The maximum absolute atomic E-state index is 5.43. The Morgan fingerprint density at radius 1 is 0.852 bits per heavy atom. The molecule has 6 nitrogen and oxygen atoms in total. The van der Waals surface area contributed by atoms with Gasteiger partial charge >= 0.3 is 0 Å². The molecule has 1 aromatic carbocycles. The molecule has 0 aliphatic carbocycles. The van der Waals surface area contributed by atoms with Gasteiger partial charge in [0.2, 0.25) is 0 Å². The lowest BCUT2D eigenvalue weighted by molar-refractivity contribution is 0.122. The van der Waals surface area contributed by atoms with Gasteiger partial charge in [0.1, 0.15) is 18.0 Å². The quantitative estimate of drug-likeness (QED) is 0.809.